The summed E-state index contributed by atoms with van der Waals surface area (Å²) < 4.78 is 15.9. The Hall–Kier alpha value is -3.35. The van der Waals surface area contributed by atoms with Crippen molar-refractivity contribution in [2.75, 3.05) is 19.8 Å². The number of nitrogens with zero attached hydrogens (tertiary/aromatic N) is 1. The van der Waals surface area contributed by atoms with Crippen LogP contribution in [0, 0.1) is 0 Å². The third kappa shape index (κ3) is 5.42. The standard InChI is InChI=1S/C24H27NO6/c1-4-29-23(27)19-12-20(24(28)30-5-2)14-21(13-19)31-16(3)22(26)25-11-10-17-8-6-7-9-18(17)15-25/h6-9,12-14,16H,4-5,10-11,15H2,1-3H3/t16-/m0/s1. The van der Waals surface area contributed by atoms with Crippen molar-refractivity contribution < 1.29 is 28.6 Å². The SMILES string of the molecule is CCOC(=O)c1cc(O[C@@H](C)C(=O)N2CCc3ccccc3C2)cc(C(=O)OCC)c1. The Morgan fingerprint density at radius 1 is 0.935 bits per heavy atom. The van der Waals surface area contributed by atoms with Gasteiger partial charge in [-0.25, -0.2) is 9.59 Å². The summed E-state index contributed by atoms with van der Waals surface area (Å²) in [5.74, 6) is -1.09. The maximum absolute atomic E-state index is 13.0. The minimum Gasteiger partial charge on any atom is -0.481 e. The Labute approximate surface area is 181 Å². The molecule has 0 fully saturated rings. The van der Waals surface area contributed by atoms with Gasteiger partial charge in [-0.3, -0.25) is 4.79 Å². The van der Waals surface area contributed by atoms with Crippen LogP contribution in [0.25, 0.3) is 0 Å². The van der Waals surface area contributed by atoms with Crippen LogP contribution in [0.15, 0.2) is 42.5 Å². The minimum atomic E-state index is -0.794. The number of hydrogen-bond donors (Lipinski definition) is 0. The quantitative estimate of drug-likeness (QED) is 0.633. The van der Waals surface area contributed by atoms with Gasteiger partial charge in [0.05, 0.1) is 24.3 Å². The van der Waals surface area contributed by atoms with Gasteiger partial charge in [0.25, 0.3) is 5.91 Å². The van der Waals surface area contributed by atoms with E-state index in [-0.39, 0.29) is 36.0 Å². The molecular weight excluding hydrogens is 398 g/mol. The number of esters is 2. The number of amides is 1. The predicted octanol–water partition coefficient (Wildman–Crippen LogP) is 3.39. The average molecular weight is 425 g/mol. The lowest BCUT2D eigenvalue weighted by molar-refractivity contribution is -0.138. The molecule has 0 aliphatic carbocycles. The molecule has 2 aromatic rings. The van der Waals surface area contributed by atoms with Crippen LogP contribution in [0.1, 0.15) is 52.6 Å². The van der Waals surface area contributed by atoms with Crippen molar-refractivity contribution >= 4 is 17.8 Å². The van der Waals surface area contributed by atoms with E-state index in [9.17, 15) is 14.4 Å². The molecule has 0 unspecified atom stereocenters. The third-order valence-electron chi connectivity index (χ3n) is 5.03. The lowest BCUT2D eigenvalue weighted by Gasteiger charge is -2.31. The fourth-order valence-electron chi connectivity index (χ4n) is 3.53. The van der Waals surface area contributed by atoms with Crippen molar-refractivity contribution in [1.82, 2.24) is 4.90 Å². The average Bonchev–Trinajstić information content (AvgIpc) is 2.78. The number of rotatable bonds is 7. The number of fused-ring (bicyclic) bond motifs is 1. The van der Waals surface area contributed by atoms with Crippen LogP contribution in [0.2, 0.25) is 0 Å². The fraction of sp³-hybridized carbons (Fsp3) is 0.375. The van der Waals surface area contributed by atoms with E-state index in [2.05, 4.69) is 6.07 Å². The topological polar surface area (TPSA) is 82.1 Å². The van der Waals surface area contributed by atoms with Crippen LogP contribution < -0.4 is 4.74 Å². The van der Waals surface area contributed by atoms with Gasteiger partial charge < -0.3 is 19.1 Å². The lowest BCUT2D eigenvalue weighted by Crippen LogP contribution is -2.43. The zero-order valence-corrected chi connectivity index (χ0v) is 18.1. The van der Waals surface area contributed by atoms with Crippen molar-refractivity contribution in [1.29, 1.82) is 0 Å². The first kappa shape index (κ1) is 22.3. The zero-order chi connectivity index (χ0) is 22.4. The van der Waals surface area contributed by atoms with Crippen molar-refractivity contribution in [3.63, 3.8) is 0 Å². The molecule has 0 saturated heterocycles. The van der Waals surface area contributed by atoms with E-state index in [4.69, 9.17) is 14.2 Å². The molecule has 1 aliphatic rings. The summed E-state index contributed by atoms with van der Waals surface area (Å²) in [6, 6.07) is 12.4. The van der Waals surface area contributed by atoms with Crippen molar-refractivity contribution in [3.8, 4) is 5.75 Å². The first-order chi connectivity index (χ1) is 14.9. The summed E-state index contributed by atoms with van der Waals surface area (Å²) in [6.45, 7) is 6.59. The monoisotopic (exact) mass is 425 g/mol. The molecule has 7 nitrogen and oxygen atoms in total. The molecule has 0 radical (unpaired) electrons. The summed E-state index contributed by atoms with van der Waals surface area (Å²) in [7, 11) is 0. The van der Waals surface area contributed by atoms with Gasteiger partial charge in [-0.1, -0.05) is 24.3 Å². The number of ether oxygens (including phenoxy) is 3. The molecule has 0 N–H and O–H groups in total. The molecule has 1 heterocycles. The molecule has 7 heteroatoms. The largest absolute Gasteiger partial charge is 0.481 e. The van der Waals surface area contributed by atoms with Gasteiger partial charge in [0.15, 0.2) is 6.10 Å². The second-order valence-corrected chi connectivity index (χ2v) is 7.23. The Kier molecular flexibility index (Phi) is 7.28. The molecule has 1 atom stereocenters. The Balaban J connectivity index is 1.77. The van der Waals surface area contributed by atoms with Gasteiger partial charge in [0.1, 0.15) is 5.75 Å². The highest BCUT2D eigenvalue weighted by Gasteiger charge is 2.26. The number of carbonyl (C=O) groups is 3. The normalized spacial score (nSPS) is 13.7. The second kappa shape index (κ2) is 10.1. The Morgan fingerprint density at radius 2 is 1.52 bits per heavy atom. The summed E-state index contributed by atoms with van der Waals surface area (Å²) in [6.07, 6.45) is -0.00210. The van der Waals surface area contributed by atoms with Gasteiger partial charge in [0.2, 0.25) is 0 Å². The second-order valence-electron chi connectivity index (χ2n) is 7.23. The highest BCUT2D eigenvalue weighted by atomic mass is 16.5. The molecule has 2 aromatic carbocycles. The Morgan fingerprint density at radius 3 is 2.10 bits per heavy atom. The van der Waals surface area contributed by atoms with E-state index in [0.29, 0.717) is 13.1 Å². The highest BCUT2D eigenvalue weighted by Crippen LogP contribution is 2.23. The van der Waals surface area contributed by atoms with Gasteiger partial charge in [-0.05, 0) is 56.5 Å². The van der Waals surface area contributed by atoms with Crippen LogP contribution >= 0.6 is 0 Å². The first-order valence-electron chi connectivity index (χ1n) is 10.4. The van der Waals surface area contributed by atoms with E-state index in [1.807, 2.05) is 18.2 Å². The summed E-state index contributed by atoms with van der Waals surface area (Å²) in [5, 5.41) is 0. The number of benzene rings is 2. The van der Waals surface area contributed by atoms with Gasteiger partial charge >= 0.3 is 11.9 Å². The maximum atomic E-state index is 13.0. The van der Waals surface area contributed by atoms with E-state index >= 15 is 0 Å². The van der Waals surface area contributed by atoms with E-state index < -0.39 is 18.0 Å². The van der Waals surface area contributed by atoms with E-state index in [1.54, 1.807) is 25.7 Å². The summed E-state index contributed by atoms with van der Waals surface area (Å²) in [4.78, 5) is 39.1. The molecule has 0 spiro atoms. The molecule has 0 saturated carbocycles. The molecule has 0 bridgehead atoms. The minimum absolute atomic E-state index is 0.159. The predicted molar refractivity (Wildman–Crippen MR) is 114 cm³/mol. The first-order valence-corrected chi connectivity index (χ1v) is 10.4. The molecule has 31 heavy (non-hydrogen) atoms. The van der Waals surface area contributed by atoms with Crippen molar-refractivity contribution in [2.24, 2.45) is 0 Å². The summed E-state index contributed by atoms with van der Waals surface area (Å²) >= 11 is 0. The van der Waals surface area contributed by atoms with Crippen LogP contribution in [-0.4, -0.2) is 48.6 Å². The highest BCUT2D eigenvalue weighted by molar-refractivity contribution is 5.96. The number of hydrogen-bond acceptors (Lipinski definition) is 6. The third-order valence-corrected chi connectivity index (χ3v) is 5.03. The number of carbonyl (C=O) groups excluding carboxylic acids is 3. The van der Waals surface area contributed by atoms with Crippen LogP contribution in [0.5, 0.6) is 5.75 Å². The smallest absolute Gasteiger partial charge is 0.338 e. The van der Waals surface area contributed by atoms with Crippen LogP contribution in [0.4, 0.5) is 0 Å². The molecule has 0 aromatic heterocycles. The van der Waals surface area contributed by atoms with Crippen LogP contribution in [0.3, 0.4) is 0 Å². The Bertz CT molecular complexity index is 934. The fourth-order valence-corrected chi connectivity index (χ4v) is 3.53. The molecule has 1 amide bonds. The van der Waals surface area contributed by atoms with Crippen molar-refractivity contribution in [2.45, 2.75) is 39.8 Å². The van der Waals surface area contributed by atoms with Gasteiger partial charge in [-0.15, -0.1) is 0 Å². The van der Waals surface area contributed by atoms with Crippen LogP contribution in [-0.2, 0) is 27.2 Å². The molecular formula is C24H27NO6. The maximum Gasteiger partial charge on any atom is 0.338 e. The van der Waals surface area contributed by atoms with E-state index in [1.165, 1.54) is 23.8 Å². The summed E-state index contributed by atoms with van der Waals surface area (Å²) in [5.41, 5.74) is 2.70. The van der Waals surface area contributed by atoms with Gasteiger partial charge in [-0.2, -0.15) is 0 Å². The molecule has 1 aliphatic heterocycles. The van der Waals surface area contributed by atoms with E-state index in [0.717, 1.165) is 12.0 Å². The lowest BCUT2D eigenvalue weighted by atomic mass is 9.99. The zero-order valence-electron chi connectivity index (χ0n) is 18.1. The molecule has 164 valence electrons. The van der Waals surface area contributed by atoms with Crippen molar-refractivity contribution in [3.05, 3.63) is 64.7 Å². The van der Waals surface area contributed by atoms with Gasteiger partial charge in [0, 0.05) is 13.1 Å². The molecule has 3 rings (SSSR count).